The molecule has 3 N–H and O–H groups in total. The average molecular weight is 220 g/mol. The molecular formula is C8H16N2O3S. The van der Waals surface area contributed by atoms with Crippen LogP contribution in [0, 0.1) is 0 Å². The van der Waals surface area contributed by atoms with Crippen molar-refractivity contribution in [2.45, 2.75) is 25.9 Å². The Hall–Kier alpha value is -0.910. The predicted molar refractivity (Wildman–Crippen MR) is 56.6 cm³/mol. The summed E-state index contributed by atoms with van der Waals surface area (Å²) in [6.07, 6.45) is 1.94. The van der Waals surface area contributed by atoms with Gasteiger partial charge < -0.3 is 15.7 Å². The van der Waals surface area contributed by atoms with E-state index in [-0.39, 0.29) is 6.04 Å². The third kappa shape index (κ3) is 5.69. The fourth-order valence-electron chi connectivity index (χ4n) is 0.816. The van der Waals surface area contributed by atoms with E-state index in [2.05, 4.69) is 10.6 Å². The van der Waals surface area contributed by atoms with Crippen LogP contribution in [-0.4, -0.2) is 41.2 Å². The third-order valence-corrected chi connectivity index (χ3v) is 2.35. The number of hydrogen-bond donors (Lipinski definition) is 3. The Morgan fingerprint density at radius 1 is 1.36 bits per heavy atom. The quantitative estimate of drug-likeness (QED) is 0.631. The van der Waals surface area contributed by atoms with Gasteiger partial charge in [0.25, 0.3) is 0 Å². The summed E-state index contributed by atoms with van der Waals surface area (Å²) in [5.74, 6) is -0.243. The molecule has 0 saturated heterocycles. The summed E-state index contributed by atoms with van der Waals surface area (Å²) >= 11 is 1.62. The lowest BCUT2D eigenvalue weighted by molar-refractivity contribution is -0.138. The summed E-state index contributed by atoms with van der Waals surface area (Å²) in [5.41, 5.74) is 0. The molecule has 0 aromatic heterocycles. The Kier molecular flexibility index (Phi) is 6.11. The molecule has 0 spiro atoms. The normalized spacial score (nSPS) is 14.2. The van der Waals surface area contributed by atoms with Crippen LogP contribution in [-0.2, 0) is 4.79 Å². The molecule has 2 atom stereocenters. The van der Waals surface area contributed by atoms with Crippen molar-refractivity contribution in [1.29, 1.82) is 0 Å². The molecule has 0 aliphatic rings. The van der Waals surface area contributed by atoms with E-state index in [4.69, 9.17) is 5.11 Å². The van der Waals surface area contributed by atoms with Gasteiger partial charge in [0.05, 0.1) is 0 Å². The van der Waals surface area contributed by atoms with E-state index in [1.165, 1.54) is 6.92 Å². The number of carboxylic acid groups (broad SMARTS) is 1. The van der Waals surface area contributed by atoms with Crippen LogP contribution in [0.15, 0.2) is 0 Å². The summed E-state index contributed by atoms with van der Waals surface area (Å²) in [6, 6.07) is -1.27. The van der Waals surface area contributed by atoms with Crippen molar-refractivity contribution >= 4 is 23.8 Å². The molecule has 82 valence electrons. The maximum Gasteiger partial charge on any atom is 0.325 e. The minimum absolute atomic E-state index is 0.0333. The predicted octanol–water partition coefficient (Wildman–Crippen LogP) is 0.510. The number of aliphatic carboxylic acids is 1. The number of urea groups is 1. The second-order valence-corrected chi connectivity index (χ2v) is 3.94. The Morgan fingerprint density at radius 2 is 1.93 bits per heavy atom. The number of thioether (sulfide) groups is 1. The largest absolute Gasteiger partial charge is 0.480 e. The van der Waals surface area contributed by atoms with Crippen LogP contribution in [0.5, 0.6) is 0 Å². The van der Waals surface area contributed by atoms with Gasteiger partial charge in [-0.15, -0.1) is 0 Å². The minimum atomic E-state index is -1.04. The van der Waals surface area contributed by atoms with Crippen molar-refractivity contribution < 1.29 is 14.7 Å². The van der Waals surface area contributed by atoms with E-state index < -0.39 is 18.0 Å². The standard InChI is InChI=1S/C8H16N2O3S/c1-5(4-14-3)9-8(13)10-6(2)7(11)12/h5-6H,4H2,1-3H3,(H,11,12)(H2,9,10,13). The molecule has 0 radical (unpaired) electrons. The monoisotopic (exact) mass is 220 g/mol. The summed E-state index contributed by atoms with van der Waals surface area (Å²) in [7, 11) is 0. The van der Waals surface area contributed by atoms with Crippen LogP contribution in [0.2, 0.25) is 0 Å². The molecule has 0 bridgehead atoms. The van der Waals surface area contributed by atoms with E-state index in [0.717, 1.165) is 5.75 Å². The van der Waals surface area contributed by atoms with Crippen LogP contribution in [0.25, 0.3) is 0 Å². The molecule has 0 aromatic rings. The van der Waals surface area contributed by atoms with E-state index in [1.807, 2.05) is 13.2 Å². The molecule has 5 nitrogen and oxygen atoms in total. The summed E-state index contributed by atoms with van der Waals surface area (Å²) in [6.45, 7) is 3.28. The van der Waals surface area contributed by atoms with Crippen molar-refractivity contribution in [3.05, 3.63) is 0 Å². The van der Waals surface area contributed by atoms with Crippen molar-refractivity contribution in [2.75, 3.05) is 12.0 Å². The zero-order valence-electron chi connectivity index (χ0n) is 8.53. The Balaban J connectivity index is 3.80. The van der Waals surface area contributed by atoms with E-state index in [1.54, 1.807) is 11.8 Å². The molecule has 2 unspecified atom stereocenters. The molecule has 0 rings (SSSR count). The fraction of sp³-hybridized carbons (Fsp3) is 0.750. The zero-order valence-corrected chi connectivity index (χ0v) is 9.35. The number of amides is 2. The highest BCUT2D eigenvalue weighted by Crippen LogP contribution is 1.95. The van der Waals surface area contributed by atoms with Crippen LogP contribution in [0.4, 0.5) is 4.79 Å². The smallest absolute Gasteiger partial charge is 0.325 e. The van der Waals surface area contributed by atoms with E-state index in [0.29, 0.717) is 0 Å². The second-order valence-electron chi connectivity index (χ2n) is 3.03. The first-order valence-electron chi connectivity index (χ1n) is 4.26. The lowest BCUT2D eigenvalue weighted by atomic mass is 10.3. The highest BCUT2D eigenvalue weighted by atomic mass is 32.2. The second kappa shape index (κ2) is 6.53. The zero-order chi connectivity index (χ0) is 11.1. The molecule has 0 aromatic carbocycles. The fourth-order valence-corrected chi connectivity index (χ4v) is 1.40. The number of nitrogens with one attached hydrogen (secondary N) is 2. The first-order valence-corrected chi connectivity index (χ1v) is 5.65. The lowest BCUT2D eigenvalue weighted by Crippen LogP contribution is -2.47. The molecule has 0 aliphatic carbocycles. The van der Waals surface area contributed by atoms with Gasteiger partial charge >= 0.3 is 12.0 Å². The van der Waals surface area contributed by atoms with Crippen LogP contribution < -0.4 is 10.6 Å². The van der Waals surface area contributed by atoms with Crippen molar-refractivity contribution in [1.82, 2.24) is 10.6 Å². The van der Waals surface area contributed by atoms with E-state index in [9.17, 15) is 9.59 Å². The van der Waals surface area contributed by atoms with Gasteiger partial charge in [-0.3, -0.25) is 4.79 Å². The highest BCUT2D eigenvalue weighted by Gasteiger charge is 2.14. The number of hydrogen-bond acceptors (Lipinski definition) is 3. The van der Waals surface area contributed by atoms with Gasteiger partial charge in [0, 0.05) is 11.8 Å². The van der Waals surface area contributed by atoms with Crippen molar-refractivity contribution in [2.24, 2.45) is 0 Å². The number of carbonyl (C=O) groups is 2. The van der Waals surface area contributed by atoms with Gasteiger partial charge in [0.2, 0.25) is 0 Å². The minimum Gasteiger partial charge on any atom is -0.480 e. The Labute approximate surface area is 87.6 Å². The molecule has 6 heteroatoms. The topological polar surface area (TPSA) is 78.4 Å². The molecule has 0 aliphatic heterocycles. The molecule has 14 heavy (non-hydrogen) atoms. The third-order valence-electron chi connectivity index (χ3n) is 1.51. The summed E-state index contributed by atoms with van der Waals surface area (Å²) in [4.78, 5) is 21.5. The maximum atomic E-state index is 11.1. The van der Waals surface area contributed by atoms with Crippen LogP contribution in [0.1, 0.15) is 13.8 Å². The number of carboxylic acids is 1. The number of rotatable bonds is 5. The average Bonchev–Trinajstić information content (AvgIpc) is 2.03. The van der Waals surface area contributed by atoms with Gasteiger partial charge in [-0.25, -0.2) is 4.79 Å². The number of carbonyl (C=O) groups excluding carboxylic acids is 1. The SMILES string of the molecule is CSCC(C)NC(=O)NC(C)C(=O)O. The molecule has 0 saturated carbocycles. The maximum absolute atomic E-state index is 11.1. The Morgan fingerprint density at radius 3 is 2.36 bits per heavy atom. The van der Waals surface area contributed by atoms with Gasteiger partial charge in [-0.1, -0.05) is 0 Å². The summed E-state index contributed by atoms with van der Waals surface area (Å²) < 4.78 is 0. The first kappa shape index (κ1) is 13.1. The van der Waals surface area contributed by atoms with Gasteiger partial charge in [-0.2, -0.15) is 11.8 Å². The highest BCUT2D eigenvalue weighted by molar-refractivity contribution is 7.98. The van der Waals surface area contributed by atoms with Gasteiger partial charge in [-0.05, 0) is 20.1 Å². The Bertz CT molecular complexity index is 211. The van der Waals surface area contributed by atoms with Crippen LogP contribution in [0.3, 0.4) is 0 Å². The summed E-state index contributed by atoms with van der Waals surface area (Å²) in [5, 5.41) is 13.5. The molecule has 0 fully saturated rings. The van der Waals surface area contributed by atoms with Gasteiger partial charge in [0.15, 0.2) is 0 Å². The first-order chi connectivity index (χ1) is 6.47. The lowest BCUT2D eigenvalue weighted by Gasteiger charge is -2.15. The van der Waals surface area contributed by atoms with Crippen molar-refractivity contribution in [3.8, 4) is 0 Å². The van der Waals surface area contributed by atoms with Gasteiger partial charge in [0.1, 0.15) is 6.04 Å². The molecule has 0 heterocycles. The van der Waals surface area contributed by atoms with Crippen molar-refractivity contribution in [3.63, 3.8) is 0 Å². The van der Waals surface area contributed by atoms with E-state index >= 15 is 0 Å². The van der Waals surface area contributed by atoms with Crippen LogP contribution >= 0.6 is 11.8 Å². The molecule has 2 amide bonds. The molecular weight excluding hydrogens is 204 g/mol.